The molecule has 4 nitrogen and oxygen atoms in total. The van der Waals surface area contributed by atoms with Crippen molar-refractivity contribution in [2.45, 2.75) is 91.1 Å². The number of hydrogen-bond donors (Lipinski definition) is 0. The molecule has 0 atom stereocenters. The molecule has 0 spiro atoms. The van der Waals surface area contributed by atoms with E-state index in [2.05, 4.69) is 59.8 Å². The summed E-state index contributed by atoms with van der Waals surface area (Å²) in [6.07, 6.45) is 15.4. The topological polar surface area (TPSA) is 32.8 Å². The van der Waals surface area contributed by atoms with Crippen molar-refractivity contribution in [3.8, 4) is 5.75 Å². The van der Waals surface area contributed by atoms with E-state index in [-0.39, 0.29) is 5.91 Å². The number of unbranched alkanes of at least 4 members (excludes halogenated alkanes) is 9. The molecule has 1 aliphatic rings. The third kappa shape index (κ3) is 10.3. The summed E-state index contributed by atoms with van der Waals surface area (Å²) in [6.45, 7) is 6.08. The van der Waals surface area contributed by atoms with Gasteiger partial charge in [0.25, 0.3) is 0 Å². The van der Waals surface area contributed by atoms with Crippen molar-refractivity contribution >= 4 is 23.4 Å². The summed E-state index contributed by atoms with van der Waals surface area (Å²) in [7, 11) is 0. The Morgan fingerprint density at radius 2 is 1.61 bits per heavy atom. The number of anilines is 1. The molecule has 2 aromatic carbocycles. The largest absolute Gasteiger partial charge is 0.494 e. The summed E-state index contributed by atoms with van der Waals surface area (Å²) in [5.41, 5.74) is 3.25. The Labute approximate surface area is 223 Å². The first kappa shape index (κ1) is 28.2. The van der Waals surface area contributed by atoms with Crippen molar-refractivity contribution in [2.24, 2.45) is 0 Å². The van der Waals surface area contributed by atoms with Crippen LogP contribution in [0.15, 0.2) is 60.1 Å². The lowest BCUT2D eigenvalue weighted by molar-refractivity contribution is -0.116. The van der Waals surface area contributed by atoms with Gasteiger partial charge in [0.05, 0.1) is 19.0 Å². The Morgan fingerprint density at radius 3 is 2.25 bits per heavy atom. The van der Waals surface area contributed by atoms with Crippen LogP contribution in [-0.4, -0.2) is 23.3 Å². The van der Waals surface area contributed by atoms with Crippen molar-refractivity contribution in [1.29, 1.82) is 0 Å². The van der Waals surface area contributed by atoms with E-state index in [4.69, 9.17) is 4.74 Å². The highest BCUT2D eigenvalue weighted by Crippen LogP contribution is 2.23. The Balaban J connectivity index is 1.40. The van der Waals surface area contributed by atoms with Crippen LogP contribution in [0.4, 0.5) is 5.69 Å². The van der Waals surface area contributed by atoms with Crippen molar-refractivity contribution in [3.05, 3.63) is 71.3 Å². The van der Waals surface area contributed by atoms with Crippen molar-refractivity contribution in [2.75, 3.05) is 17.4 Å². The maximum Gasteiger partial charge on any atom is 0.224 e. The van der Waals surface area contributed by atoms with Crippen LogP contribution in [0.1, 0.15) is 89.2 Å². The molecule has 1 amide bonds. The molecule has 0 fully saturated rings. The lowest BCUT2D eigenvalue weighted by Crippen LogP contribution is -2.27. The van der Waals surface area contributed by atoms with Crippen LogP contribution in [0.3, 0.4) is 0 Å². The first-order valence-corrected chi connectivity index (χ1v) is 14.8. The number of benzene rings is 2. The van der Waals surface area contributed by atoms with E-state index in [9.17, 15) is 4.79 Å². The van der Waals surface area contributed by atoms with E-state index < -0.39 is 0 Å². The fraction of sp³-hybridized carbons (Fsp3) is 0.516. The van der Waals surface area contributed by atoms with E-state index in [1.165, 1.54) is 63.4 Å². The zero-order valence-electron chi connectivity index (χ0n) is 22.3. The molecule has 196 valence electrons. The standard InChI is InChI=1S/C31H44N2O2S/c1-3-4-5-6-7-8-9-10-11-12-21-35-31-15-13-14-29(23-31)25-33(27(2)34)30-18-16-28(17-19-30)24-32-20-22-36-26-32/h13-20,22-23H,3-12,21,24-26H2,1-2H3. The van der Waals surface area contributed by atoms with Gasteiger partial charge in [0.1, 0.15) is 5.75 Å². The second-order valence-electron chi connectivity index (χ2n) is 9.78. The molecule has 1 heterocycles. The smallest absolute Gasteiger partial charge is 0.224 e. The Morgan fingerprint density at radius 1 is 0.917 bits per heavy atom. The molecular formula is C31H44N2O2S. The Kier molecular flexibility index (Phi) is 12.8. The third-order valence-electron chi connectivity index (χ3n) is 6.63. The summed E-state index contributed by atoms with van der Waals surface area (Å²) in [4.78, 5) is 16.6. The van der Waals surface area contributed by atoms with Gasteiger partial charge < -0.3 is 14.5 Å². The minimum absolute atomic E-state index is 0.0401. The lowest BCUT2D eigenvalue weighted by Gasteiger charge is -2.22. The van der Waals surface area contributed by atoms with Gasteiger partial charge in [-0.15, -0.1) is 11.8 Å². The van der Waals surface area contributed by atoms with Gasteiger partial charge in [-0.2, -0.15) is 0 Å². The average molecular weight is 509 g/mol. The third-order valence-corrected chi connectivity index (χ3v) is 7.42. The van der Waals surface area contributed by atoms with Crippen LogP contribution in [0.5, 0.6) is 5.75 Å². The van der Waals surface area contributed by atoms with Gasteiger partial charge in [-0.3, -0.25) is 4.79 Å². The average Bonchev–Trinajstić information content (AvgIpc) is 3.40. The molecule has 36 heavy (non-hydrogen) atoms. The second kappa shape index (κ2) is 16.4. The number of carbonyl (C=O) groups excluding carboxylic acids is 1. The molecule has 0 saturated heterocycles. The van der Waals surface area contributed by atoms with Gasteiger partial charge >= 0.3 is 0 Å². The van der Waals surface area contributed by atoms with Crippen LogP contribution in [0.2, 0.25) is 0 Å². The molecule has 0 aliphatic carbocycles. The zero-order valence-corrected chi connectivity index (χ0v) is 23.1. The summed E-state index contributed by atoms with van der Waals surface area (Å²) >= 11 is 1.81. The van der Waals surface area contributed by atoms with Gasteiger partial charge in [0.15, 0.2) is 0 Å². The molecule has 0 aromatic heterocycles. The first-order valence-electron chi connectivity index (χ1n) is 13.8. The molecule has 0 bridgehead atoms. The second-order valence-corrected chi connectivity index (χ2v) is 10.6. The number of amides is 1. The normalized spacial score (nSPS) is 12.8. The summed E-state index contributed by atoms with van der Waals surface area (Å²) in [5.74, 6) is 1.93. The maximum absolute atomic E-state index is 12.5. The number of carbonyl (C=O) groups is 1. The number of ether oxygens (including phenoxy) is 1. The SMILES string of the molecule is CCCCCCCCCCCCOc1cccc(CN(C(C)=O)c2ccc(CN3C=CSC3)cc2)c1. The quantitative estimate of drug-likeness (QED) is 0.200. The fourth-order valence-electron chi connectivity index (χ4n) is 4.51. The van der Waals surface area contributed by atoms with Gasteiger partial charge in [-0.1, -0.05) is 89.0 Å². The van der Waals surface area contributed by atoms with Crippen molar-refractivity contribution in [1.82, 2.24) is 4.90 Å². The molecule has 0 radical (unpaired) electrons. The first-order chi connectivity index (χ1) is 17.7. The van der Waals surface area contributed by atoms with E-state index in [0.717, 1.165) is 42.4 Å². The summed E-state index contributed by atoms with van der Waals surface area (Å²) in [6, 6.07) is 16.5. The predicted molar refractivity (Wildman–Crippen MR) is 154 cm³/mol. The zero-order chi connectivity index (χ0) is 25.4. The van der Waals surface area contributed by atoms with E-state index >= 15 is 0 Å². The Bertz CT molecular complexity index is 928. The van der Waals surface area contributed by atoms with Crippen molar-refractivity contribution in [3.63, 3.8) is 0 Å². The molecule has 3 rings (SSSR count). The minimum Gasteiger partial charge on any atom is -0.494 e. The van der Waals surface area contributed by atoms with Crippen LogP contribution in [-0.2, 0) is 17.9 Å². The molecule has 2 aromatic rings. The number of nitrogens with zero attached hydrogens (tertiary/aromatic N) is 2. The number of rotatable bonds is 17. The highest BCUT2D eigenvalue weighted by molar-refractivity contribution is 8.02. The van der Waals surface area contributed by atoms with Crippen LogP contribution in [0, 0.1) is 0 Å². The van der Waals surface area contributed by atoms with Crippen LogP contribution >= 0.6 is 11.8 Å². The minimum atomic E-state index is 0.0401. The van der Waals surface area contributed by atoms with Gasteiger partial charge in [0, 0.05) is 25.4 Å². The van der Waals surface area contributed by atoms with E-state index in [1.54, 1.807) is 6.92 Å². The van der Waals surface area contributed by atoms with E-state index in [0.29, 0.717) is 6.54 Å². The molecule has 5 heteroatoms. The van der Waals surface area contributed by atoms with Crippen LogP contribution in [0.25, 0.3) is 0 Å². The molecule has 1 aliphatic heterocycles. The highest BCUT2D eigenvalue weighted by Gasteiger charge is 2.13. The molecule has 0 saturated carbocycles. The number of hydrogen-bond acceptors (Lipinski definition) is 4. The summed E-state index contributed by atoms with van der Waals surface area (Å²) < 4.78 is 6.03. The predicted octanol–water partition coefficient (Wildman–Crippen LogP) is 8.52. The molecule has 0 unspecified atom stereocenters. The monoisotopic (exact) mass is 508 g/mol. The van der Waals surface area contributed by atoms with Gasteiger partial charge in [-0.05, 0) is 47.2 Å². The van der Waals surface area contributed by atoms with Crippen molar-refractivity contribution < 1.29 is 9.53 Å². The lowest BCUT2D eigenvalue weighted by atomic mass is 10.1. The maximum atomic E-state index is 12.5. The van der Waals surface area contributed by atoms with Gasteiger partial charge in [0.2, 0.25) is 5.91 Å². The van der Waals surface area contributed by atoms with Crippen LogP contribution < -0.4 is 9.64 Å². The summed E-state index contributed by atoms with van der Waals surface area (Å²) in [5, 5.41) is 2.13. The van der Waals surface area contributed by atoms with Gasteiger partial charge in [-0.25, -0.2) is 0 Å². The molecule has 0 N–H and O–H groups in total. The van der Waals surface area contributed by atoms with E-state index in [1.807, 2.05) is 28.8 Å². The number of thioether (sulfide) groups is 1. The molecular weight excluding hydrogens is 464 g/mol. The Hall–Kier alpha value is -2.40. The fourth-order valence-corrected chi connectivity index (χ4v) is 5.22. The highest BCUT2D eigenvalue weighted by atomic mass is 32.2.